The third-order valence-electron chi connectivity index (χ3n) is 3.83. The van der Waals surface area contributed by atoms with Gasteiger partial charge in [0.05, 0.1) is 10.2 Å². The normalized spacial score (nSPS) is 14.6. The average Bonchev–Trinajstić information content (AvgIpc) is 3.34. The lowest BCUT2D eigenvalue weighted by molar-refractivity contribution is 0.980. The fraction of sp³-hybridized carbons (Fsp3) is 0.176. The van der Waals surface area contributed by atoms with Gasteiger partial charge in [-0.2, -0.15) is 0 Å². The number of rotatable bonds is 2. The van der Waals surface area contributed by atoms with Gasteiger partial charge in [0.15, 0.2) is 5.82 Å². The molecule has 2 nitrogen and oxygen atoms in total. The molecular weight excluding hydrogens is 348 g/mol. The smallest absolute Gasteiger partial charge is 0.161 e. The molecule has 0 radical (unpaired) electrons. The fourth-order valence-electron chi connectivity index (χ4n) is 2.60. The van der Waals surface area contributed by atoms with Gasteiger partial charge < -0.3 is 0 Å². The van der Waals surface area contributed by atoms with Crippen molar-refractivity contribution in [3.05, 3.63) is 57.8 Å². The van der Waals surface area contributed by atoms with Crippen LogP contribution >= 0.6 is 27.5 Å². The maximum Gasteiger partial charge on any atom is 0.161 e. The highest BCUT2D eigenvalue weighted by Gasteiger charge is 2.29. The lowest BCUT2D eigenvalue weighted by Gasteiger charge is -2.09. The molecular formula is C17H12BrClN2. The first-order valence-corrected chi connectivity index (χ1v) is 8.12. The van der Waals surface area contributed by atoms with Gasteiger partial charge in [0.2, 0.25) is 0 Å². The van der Waals surface area contributed by atoms with Gasteiger partial charge in [-0.3, -0.25) is 0 Å². The Morgan fingerprint density at radius 2 is 1.76 bits per heavy atom. The van der Waals surface area contributed by atoms with Crippen LogP contribution in [0.25, 0.3) is 22.2 Å². The van der Waals surface area contributed by atoms with E-state index in [2.05, 4.69) is 45.2 Å². The van der Waals surface area contributed by atoms with Crippen molar-refractivity contribution in [1.82, 2.24) is 9.97 Å². The molecule has 0 amide bonds. The van der Waals surface area contributed by atoms with E-state index in [9.17, 15) is 0 Å². The molecule has 1 aliphatic rings. The highest BCUT2D eigenvalue weighted by Crippen LogP contribution is 2.44. The number of hydrogen-bond donors (Lipinski definition) is 0. The standard InChI is InChI=1S/C17H12BrClN2/c18-14-15(11-8-9-11)20-17(21-16(14)19)13-7-3-5-10-4-1-2-6-12(10)13/h1-7,11H,8-9H2. The molecule has 21 heavy (non-hydrogen) atoms. The molecule has 4 heteroatoms. The van der Waals surface area contributed by atoms with Crippen molar-refractivity contribution in [2.24, 2.45) is 0 Å². The first-order valence-electron chi connectivity index (χ1n) is 6.95. The predicted octanol–water partition coefficient (Wildman–Crippen LogP) is 5.59. The minimum atomic E-state index is 0.495. The summed E-state index contributed by atoms with van der Waals surface area (Å²) < 4.78 is 0.843. The molecule has 0 atom stereocenters. The van der Waals surface area contributed by atoms with Crippen LogP contribution in [0.5, 0.6) is 0 Å². The summed E-state index contributed by atoms with van der Waals surface area (Å²) in [6, 6.07) is 14.5. The van der Waals surface area contributed by atoms with Crippen molar-refractivity contribution in [2.75, 3.05) is 0 Å². The van der Waals surface area contributed by atoms with Crippen LogP contribution in [0.3, 0.4) is 0 Å². The Morgan fingerprint density at radius 1 is 1.00 bits per heavy atom. The second-order valence-corrected chi connectivity index (χ2v) is 6.49. The van der Waals surface area contributed by atoms with E-state index in [1.54, 1.807) is 0 Å². The van der Waals surface area contributed by atoms with E-state index in [1.165, 1.54) is 18.2 Å². The van der Waals surface area contributed by atoms with Crippen LogP contribution in [0.1, 0.15) is 24.5 Å². The SMILES string of the molecule is Clc1nc(-c2cccc3ccccc23)nc(C2CC2)c1Br. The second-order valence-electron chi connectivity index (χ2n) is 5.34. The summed E-state index contributed by atoms with van der Waals surface area (Å²) >= 11 is 9.81. The summed E-state index contributed by atoms with van der Waals surface area (Å²) in [6.07, 6.45) is 2.36. The molecule has 1 aliphatic carbocycles. The molecule has 1 heterocycles. The first kappa shape index (κ1) is 13.2. The van der Waals surface area contributed by atoms with Gasteiger partial charge in [-0.05, 0) is 39.5 Å². The number of nitrogens with zero attached hydrogens (tertiary/aromatic N) is 2. The lowest BCUT2D eigenvalue weighted by Crippen LogP contribution is -1.97. The number of fused-ring (bicyclic) bond motifs is 1. The Labute approximate surface area is 136 Å². The minimum Gasteiger partial charge on any atom is -0.231 e. The van der Waals surface area contributed by atoms with Crippen molar-refractivity contribution >= 4 is 38.3 Å². The Hall–Kier alpha value is -1.45. The maximum absolute atomic E-state index is 6.29. The van der Waals surface area contributed by atoms with Crippen LogP contribution in [0.15, 0.2) is 46.9 Å². The summed E-state index contributed by atoms with van der Waals surface area (Å²) in [4.78, 5) is 9.24. The quantitative estimate of drug-likeness (QED) is 0.557. The van der Waals surface area contributed by atoms with Gasteiger partial charge in [0.1, 0.15) is 5.15 Å². The number of benzene rings is 2. The van der Waals surface area contributed by atoms with Crippen LogP contribution in [0, 0.1) is 0 Å². The molecule has 0 spiro atoms. The van der Waals surface area contributed by atoms with Gasteiger partial charge in [-0.1, -0.05) is 54.1 Å². The monoisotopic (exact) mass is 358 g/mol. The molecule has 1 aromatic heterocycles. The molecule has 0 aliphatic heterocycles. The van der Waals surface area contributed by atoms with E-state index in [4.69, 9.17) is 16.6 Å². The van der Waals surface area contributed by atoms with Crippen LogP contribution in [-0.4, -0.2) is 9.97 Å². The predicted molar refractivity (Wildman–Crippen MR) is 89.7 cm³/mol. The zero-order valence-corrected chi connectivity index (χ0v) is 13.5. The summed E-state index contributed by atoms with van der Waals surface area (Å²) in [5.41, 5.74) is 2.07. The molecule has 0 N–H and O–H groups in total. The molecule has 2 aromatic carbocycles. The van der Waals surface area contributed by atoms with Gasteiger partial charge in [-0.15, -0.1) is 0 Å². The Bertz CT molecular complexity index is 838. The molecule has 3 aromatic rings. The van der Waals surface area contributed by atoms with Crippen LogP contribution in [0.2, 0.25) is 5.15 Å². The van der Waals surface area contributed by atoms with E-state index in [-0.39, 0.29) is 0 Å². The topological polar surface area (TPSA) is 25.8 Å². The second kappa shape index (κ2) is 5.08. The molecule has 0 unspecified atom stereocenters. The van der Waals surface area contributed by atoms with Crippen molar-refractivity contribution in [3.63, 3.8) is 0 Å². The third kappa shape index (κ3) is 2.34. The molecule has 1 fully saturated rings. The molecule has 4 rings (SSSR count). The van der Waals surface area contributed by atoms with Crippen molar-refractivity contribution in [3.8, 4) is 11.4 Å². The largest absolute Gasteiger partial charge is 0.231 e. The zero-order chi connectivity index (χ0) is 14.4. The molecule has 0 bridgehead atoms. The maximum atomic E-state index is 6.29. The number of halogens is 2. The van der Waals surface area contributed by atoms with Crippen LogP contribution < -0.4 is 0 Å². The van der Waals surface area contributed by atoms with Crippen molar-refractivity contribution in [2.45, 2.75) is 18.8 Å². The molecule has 104 valence electrons. The van der Waals surface area contributed by atoms with Gasteiger partial charge in [0, 0.05) is 11.5 Å². The van der Waals surface area contributed by atoms with Crippen molar-refractivity contribution in [1.29, 1.82) is 0 Å². The minimum absolute atomic E-state index is 0.495. The third-order valence-corrected chi connectivity index (χ3v) is 5.11. The average molecular weight is 360 g/mol. The highest BCUT2D eigenvalue weighted by molar-refractivity contribution is 9.10. The Kier molecular flexibility index (Phi) is 3.20. The molecule has 0 saturated heterocycles. The Balaban J connectivity index is 1.96. The summed E-state index contributed by atoms with van der Waals surface area (Å²) in [5, 5.41) is 2.83. The van der Waals surface area contributed by atoms with E-state index < -0.39 is 0 Å². The van der Waals surface area contributed by atoms with Crippen LogP contribution in [-0.2, 0) is 0 Å². The summed E-state index contributed by atoms with van der Waals surface area (Å²) in [7, 11) is 0. The number of aromatic nitrogens is 2. The van der Waals surface area contributed by atoms with Gasteiger partial charge in [-0.25, -0.2) is 9.97 Å². The van der Waals surface area contributed by atoms with E-state index >= 15 is 0 Å². The van der Waals surface area contributed by atoms with E-state index in [0.29, 0.717) is 16.9 Å². The first-order chi connectivity index (χ1) is 10.2. The number of hydrogen-bond acceptors (Lipinski definition) is 2. The molecule has 1 saturated carbocycles. The van der Waals surface area contributed by atoms with E-state index in [0.717, 1.165) is 21.1 Å². The zero-order valence-electron chi connectivity index (χ0n) is 11.2. The van der Waals surface area contributed by atoms with Gasteiger partial charge in [0.25, 0.3) is 0 Å². The highest BCUT2D eigenvalue weighted by atomic mass is 79.9. The van der Waals surface area contributed by atoms with Gasteiger partial charge >= 0.3 is 0 Å². The lowest BCUT2D eigenvalue weighted by atomic mass is 10.0. The van der Waals surface area contributed by atoms with Crippen LogP contribution in [0.4, 0.5) is 0 Å². The summed E-state index contributed by atoms with van der Waals surface area (Å²) in [5.74, 6) is 1.23. The fourth-order valence-corrected chi connectivity index (χ4v) is 3.28. The Morgan fingerprint density at radius 3 is 2.57 bits per heavy atom. The van der Waals surface area contributed by atoms with Crippen molar-refractivity contribution < 1.29 is 0 Å². The van der Waals surface area contributed by atoms with E-state index in [1.807, 2.05) is 18.2 Å². The summed E-state index contributed by atoms with van der Waals surface area (Å²) in [6.45, 7) is 0.